The fourth-order valence-corrected chi connectivity index (χ4v) is 2.98. The number of rotatable bonds is 2. The fraction of sp³-hybridized carbons (Fsp3) is 0.846. The van der Waals surface area contributed by atoms with Crippen LogP contribution in [0, 0.1) is 5.92 Å². The molecule has 0 aromatic rings. The Bertz CT molecular complexity index is 332. The Morgan fingerprint density at radius 3 is 2.67 bits per heavy atom. The number of piperidine rings is 1. The van der Waals surface area contributed by atoms with Crippen LogP contribution < -0.4 is 0 Å². The second kappa shape index (κ2) is 5.59. The van der Waals surface area contributed by atoms with Gasteiger partial charge in [-0.3, -0.25) is 4.79 Å². The molecular weight excluding hydrogens is 232 g/mol. The van der Waals surface area contributed by atoms with Gasteiger partial charge in [-0.15, -0.1) is 0 Å². The normalized spacial score (nSPS) is 28.5. The largest absolute Gasteiger partial charge is 0.481 e. The van der Waals surface area contributed by atoms with Gasteiger partial charge in [0.2, 0.25) is 0 Å². The molecule has 0 radical (unpaired) electrons. The molecule has 2 aliphatic rings. The highest BCUT2D eigenvalue weighted by Crippen LogP contribution is 2.24. The topological polar surface area (TPSA) is 60.9 Å². The minimum Gasteiger partial charge on any atom is -0.481 e. The van der Waals surface area contributed by atoms with E-state index in [-0.39, 0.29) is 18.4 Å². The van der Waals surface area contributed by atoms with Crippen LogP contribution in [0.1, 0.15) is 39.0 Å². The van der Waals surface area contributed by atoms with Crippen LogP contribution in [0.4, 0.5) is 4.79 Å². The summed E-state index contributed by atoms with van der Waals surface area (Å²) < 4.78 is 0. The highest BCUT2D eigenvalue weighted by atomic mass is 16.4. The number of hydrogen-bond acceptors (Lipinski definition) is 2. The molecule has 2 unspecified atom stereocenters. The molecule has 2 fully saturated rings. The van der Waals surface area contributed by atoms with Crippen LogP contribution in [0.5, 0.6) is 0 Å². The molecule has 18 heavy (non-hydrogen) atoms. The zero-order chi connectivity index (χ0) is 13.1. The molecule has 0 bridgehead atoms. The van der Waals surface area contributed by atoms with Crippen molar-refractivity contribution >= 4 is 12.0 Å². The summed E-state index contributed by atoms with van der Waals surface area (Å²) in [5.74, 6) is -0.632. The number of carbonyl (C=O) groups excluding carboxylic acids is 1. The van der Waals surface area contributed by atoms with Crippen molar-refractivity contribution in [3.8, 4) is 0 Å². The summed E-state index contributed by atoms with van der Waals surface area (Å²) in [6.45, 7) is 4.26. The number of urea groups is 1. The van der Waals surface area contributed by atoms with E-state index in [2.05, 4.69) is 6.92 Å². The standard InChI is InChI=1S/C13H22N2O3/c1-10-4-2-3-6-15(10)13(18)14-7-5-11(9-14)8-12(16)17/h10-11H,2-9H2,1H3,(H,16,17). The van der Waals surface area contributed by atoms with Crippen LogP contribution in [0.2, 0.25) is 0 Å². The first kappa shape index (κ1) is 13.2. The van der Waals surface area contributed by atoms with Crippen molar-refractivity contribution in [1.29, 1.82) is 0 Å². The number of amides is 2. The van der Waals surface area contributed by atoms with Gasteiger partial charge in [0.25, 0.3) is 0 Å². The van der Waals surface area contributed by atoms with Gasteiger partial charge >= 0.3 is 12.0 Å². The third-order valence-corrected chi connectivity index (χ3v) is 4.07. The number of carboxylic acids is 1. The molecule has 2 rings (SSSR count). The quantitative estimate of drug-likeness (QED) is 0.817. The van der Waals surface area contributed by atoms with Crippen LogP contribution in [-0.2, 0) is 4.79 Å². The summed E-state index contributed by atoms with van der Waals surface area (Å²) >= 11 is 0. The molecule has 0 spiro atoms. The lowest BCUT2D eigenvalue weighted by Gasteiger charge is -2.36. The molecule has 102 valence electrons. The molecule has 5 nitrogen and oxygen atoms in total. The third-order valence-electron chi connectivity index (χ3n) is 4.07. The minimum atomic E-state index is -0.763. The van der Waals surface area contributed by atoms with Crippen LogP contribution in [0.15, 0.2) is 0 Å². The van der Waals surface area contributed by atoms with E-state index in [0.717, 1.165) is 25.8 Å². The van der Waals surface area contributed by atoms with E-state index in [1.54, 1.807) is 0 Å². The maximum absolute atomic E-state index is 12.3. The molecule has 2 atom stereocenters. The van der Waals surface area contributed by atoms with E-state index in [9.17, 15) is 9.59 Å². The van der Waals surface area contributed by atoms with Crippen molar-refractivity contribution < 1.29 is 14.7 Å². The van der Waals surface area contributed by atoms with E-state index in [0.29, 0.717) is 19.1 Å². The molecule has 0 aliphatic carbocycles. The van der Waals surface area contributed by atoms with Gasteiger partial charge < -0.3 is 14.9 Å². The summed E-state index contributed by atoms with van der Waals surface area (Å²) in [6, 6.07) is 0.430. The molecule has 5 heteroatoms. The van der Waals surface area contributed by atoms with Crippen molar-refractivity contribution in [1.82, 2.24) is 9.80 Å². The van der Waals surface area contributed by atoms with E-state index >= 15 is 0 Å². The average Bonchev–Trinajstić information content (AvgIpc) is 2.76. The zero-order valence-electron chi connectivity index (χ0n) is 11.0. The van der Waals surface area contributed by atoms with Crippen LogP contribution in [0.3, 0.4) is 0 Å². The monoisotopic (exact) mass is 254 g/mol. The van der Waals surface area contributed by atoms with Gasteiger partial charge in [0.05, 0.1) is 0 Å². The molecule has 0 aromatic carbocycles. The van der Waals surface area contributed by atoms with Crippen molar-refractivity contribution in [3.63, 3.8) is 0 Å². The number of carbonyl (C=O) groups is 2. The van der Waals surface area contributed by atoms with Crippen molar-refractivity contribution in [2.75, 3.05) is 19.6 Å². The van der Waals surface area contributed by atoms with Crippen molar-refractivity contribution in [2.24, 2.45) is 5.92 Å². The van der Waals surface area contributed by atoms with Crippen LogP contribution in [-0.4, -0.2) is 52.6 Å². The summed E-state index contributed by atoms with van der Waals surface area (Å²) in [5.41, 5.74) is 0. The lowest BCUT2D eigenvalue weighted by atomic mass is 10.0. The molecule has 2 aliphatic heterocycles. The van der Waals surface area contributed by atoms with Gasteiger partial charge in [-0.1, -0.05) is 0 Å². The van der Waals surface area contributed by atoms with Crippen LogP contribution >= 0.6 is 0 Å². The average molecular weight is 254 g/mol. The first-order valence-electron chi connectivity index (χ1n) is 6.85. The van der Waals surface area contributed by atoms with Crippen molar-refractivity contribution in [3.05, 3.63) is 0 Å². The SMILES string of the molecule is CC1CCCCN1C(=O)N1CCC(CC(=O)O)C1. The Morgan fingerprint density at radius 2 is 2.00 bits per heavy atom. The molecule has 0 aromatic heterocycles. The van der Waals surface area contributed by atoms with Gasteiger partial charge in [0.1, 0.15) is 0 Å². The van der Waals surface area contributed by atoms with Crippen LogP contribution in [0.25, 0.3) is 0 Å². The second-order valence-electron chi connectivity index (χ2n) is 5.52. The highest BCUT2D eigenvalue weighted by molar-refractivity contribution is 5.75. The predicted octanol–water partition coefficient (Wildman–Crippen LogP) is 1.78. The van der Waals surface area contributed by atoms with E-state index in [4.69, 9.17) is 5.11 Å². The Labute approximate surface area is 108 Å². The molecule has 2 saturated heterocycles. The molecule has 2 heterocycles. The number of nitrogens with zero attached hydrogens (tertiary/aromatic N) is 2. The fourth-order valence-electron chi connectivity index (χ4n) is 2.98. The first-order chi connectivity index (χ1) is 8.58. The smallest absolute Gasteiger partial charge is 0.320 e. The summed E-state index contributed by atoms with van der Waals surface area (Å²) in [4.78, 5) is 26.8. The maximum atomic E-state index is 12.3. The number of likely N-dealkylation sites (tertiary alicyclic amines) is 2. The van der Waals surface area contributed by atoms with Gasteiger partial charge in [0, 0.05) is 32.1 Å². The Morgan fingerprint density at radius 1 is 1.22 bits per heavy atom. The minimum absolute atomic E-state index is 0.107. The third kappa shape index (κ3) is 2.94. The summed E-state index contributed by atoms with van der Waals surface area (Å²) in [6.07, 6.45) is 4.37. The van der Waals surface area contributed by atoms with E-state index < -0.39 is 5.97 Å². The Hall–Kier alpha value is -1.26. The van der Waals surface area contributed by atoms with E-state index in [1.807, 2.05) is 9.80 Å². The Balaban J connectivity index is 1.88. The van der Waals surface area contributed by atoms with Gasteiger partial charge in [-0.05, 0) is 38.5 Å². The molecular formula is C13H22N2O3. The van der Waals surface area contributed by atoms with Gasteiger partial charge in [-0.2, -0.15) is 0 Å². The highest BCUT2D eigenvalue weighted by Gasteiger charge is 2.32. The van der Waals surface area contributed by atoms with Gasteiger partial charge in [-0.25, -0.2) is 4.79 Å². The number of hydrogen-bond donors (Lipinski definition) is 1. The molecule has 2 amide bonds. The lowest BCUT2D eigenvalue weighted by Crippen LogP contribution is -2.48. The number of aliphatic carboxylic acids is 1. The summed E-state index contributed by atoms with van der Waals surface area (Å²) in [5, 5.41) is 8.78. The second-order valence-corrected chi connectivity index (χ2v) is 5.52. The predicted molar refractivity (Wildman–Crippen MR) is 67.3 cm³/mol. The first-order valence-corrected chi connectivity index (χ1v) is 6.85. The lowest BCUT2D eigenvalue weighted by molar-refractivity contribution is -0.138. The maximum Gasteiger partial charge on any atom is 0.320 e. The molecule has 0 saturated carbocycles. The summed E-state index contributed by atoms with van der Waals surface area (Å²) in [7, 11) is 0. The van der Waals surface area contributed by atoms with Crippen molar-refractivity contribution in [2.45, 2.75) is 45.1 Å². The Kier molecular flexibility index (Phi) is 4.09. The molecule has 1 N–H and O–H groups in total. The zero-order valence-corrected chi connectivity index (χ0v) is 11.0. The van der Waals surface area contributed by atoms with Gasteiger partial charge in [0.15, 0.2) is 0 Å². The number of carboxylic acid groups (broad SMARTS) is 1. The van der Waals surface area contributed by atoms with E-state index in [1.165, 1.54) is 6.42 Å².